The van der Waals surface area contributed by atoms with Gasteiger partial charge in [-0.25, -0.2) is 4.79 Å². The van der Waals surface area contributed by atoms with Crippen LogP contribution in [-0.2, 0) is 40.5 Å². The predicted octanol–water partition coefficient (Wildman–Crippen LogP) is 2.18. The van der Waals surface area contributed by atoms with Crippen LogP contribution < -0.4 is 21.3 Å². The Balaban J connectivity index is 0.00000374. The molecule has 332 valence electrons. The summed E-state index contributed by atoms with van der Waals surface area (Å²) in [5.74, 6) is -3.55. The number of fused-ring (bicyclic) bond motifs is 2. The van der Waals surface area contributed by atoms with Crippen LogP contribution in [0.15, 0.2) is 105 Å². The molecule has 6 rings (SSSR count). The van der Waals surface area contributed by atoms with E-state index in [0.717, 1.165) is 36.4 Å². The number of hydrogen-bond donors (Lipinski definition) is 10. The van der Waals surface area contributed by atoms with Gasteiger partial charge in [0.25, 0.3) is 52.3 Å². The second-order valence-corrected chi connectivity index (χ2v) is 19.2. The fraction of sp³-hybridized carbons (Fsp3) is 0.0541. The Morgan fingerprint density at radius 1 is 0.424 bits per heavy atom. The molecule has 0 heterocycles. The molecule has 0 aliphatic rings. The fourth-order valence-corrected chi connectivity index (χ4v) is 8.30. The number of amides is 4. The van der Waals surface area contributed by atoms with Gasteiger partial charge in [0, 0.05) is 45.4 Å². The summed E-state index contributed by atoms with van der Waals surface area (Å²) in [7, 11) is -19.6. The first-order chi connectivity index (χ1) is 28.6. The van der Waals surface area contributed by atoms with Crippen molar-refractivity contribution in [3.63, 3.8) is 0 Å². The average Bonchev–Trinajstić information content (AvgIpc) is 3.14. The molecule has 6 aromatic rings. The zero-order chi connectivity index (χ0) is 45.9. The molecule has 10 N–H and O–H groups in total. The number of urea groups is 1. The van der Waals surface area contributed by atoms with Gasteiger partial charge < -0.3 is 20.8 Å². The average molecular weight is 1030 g/mol. The molecular formula is C37H34N4Na4O17S4. The standard InChI is InChI=1S/C37H30N4O17S4.4Na.4H/c1-17-3-5-19(11-27(17)38-29-13-23(59(47,48)49)7-21-9-25(61(53,54)55)15-31(42)33(21)29)35(44)40-37(46)41-36(45)20-6-4-18(2)28(12-20)39-30-14-24(60(50,51)52)8-22-10-26(62(56,57)58)16-32(43)34(22)30;;;;;;;;/h3-16,38-39,42-43H,1-2H3,(H,47,48,49)(H,50,51,52)(H,53,54,55)(H,56,57,58)(H2,40,41,44,45,46);;;;;;;;. The molecule has 0 spiro atoms. The maximum atomic E-state index is 13.2. The topological polar surface area (TPSA) is 357 Å². The number of benzene rings is 6. The number of aryl methyl sites for hydroxylation is 2. The van der Waals surface area contributed by atoms with E-state index in [1.165, 1.54) is 36.4 Å². The number of phenols is 2. The molecular weight excluding hydrogens is 993 g/mol. The predicted molar refractivity (Wildman–Crippen MR) is 248 cm³/mol. The Bertz CT molecular complexity index is 3200. The summed E-state index contributed by atoms with van der Waals surface area (Å²) in [4.78, 5) is 36.2. The van der Waals surface area contributed by atoms with Crippen LogP contribution in [-0.4, -0.2) is 198 Å². The summed E-state index contributed by atoms with van der Waals surface area (Å²) in [6.07, 6.45) is 0. The van der Waals surface area contributed by atoms with E-state index in [-0.39, 0.29) is 174 Å². The van der Waals surface area contributed by atoms with Crippen molar-refractivity contribution in [2.45, 2.75) is 33.4 Å². The van der Waals surface area contributed by atoms with Crippen molar-refractivity contribution in [2.75, 3.05) is 10.6 Å². The van der Waals surface area contributed by atoms with Crippen LogP contribution >= 0.6 is 0 Å². The van der Waals surface area contributed by atoms with E-state index in [4.69, 9.17) is 0 Å². The minimum atomic E-state index is -4.92. The van der Waals surface area contributed by atoms with Gasteiger partial charge in [0.05, 0.1) is 31.0 Å². The van der Waals surface area contributed by atoms with Gasteiger partial charge in [-0.05, 0) is 96.4 Å². The molecule has 0 unspecified atom stereocenters. The van der Waals surface area contributed by atoms with Gasteiger partial charge in [0.1, 0.15) is 11.5 Å². The number of carbonyl (C=O) groups excluding carboxylic acids is 3. The molecule has 0 atom stereocenters. The number of rotatable bonds is 10. The monoisotopic (exact) mass is 1030 g/mol. The Morgan fingerprint density at radius 2 is 0.712 bits per heavy atom. The summed E-state index contributed by atoms with van der Waals surface area (Å²) < 4.78 is 134. The van der Waals surface area contributed by atoms with Crippen molar-refractivity contribution in [3.05, 3.63) is 107 Å². The molecule has 0 saturated heterocycles. The van der Waals surface area contributed by atoms with E-state index in [2.05, 4.69) is 10.6 Å². The molecule has 0 saturated carbocycles. The molecule has 4 amide bonds. The molecule has 0 aliphatic carbocycles. The maximum absolute atomic E-state index is 13.2. The molecule has 0 bridgehead atoms. The van der Waals surface area contributed by atoms with Crippen molar-refractivity contribution in [2.24, 2.45) is 0 Å². The first-order valence-corrected chi connectivity index (χ1v) is 22.8. The van der Waals surface area contributed by atoms with Crippen LogP contribution in [0.5, 0.6) is 11.5 Å². The molecule has 0 radical (unpaired) electrons. The second kappa shape index (κ2) is 22.4. The summed E-state index contributed by atoms with van der Waals surface area (Å²) >= 11 is 0. The van der Waals surface area contributed by atoms with Gasteiger partial charge in [-0.3, -0.25) is 38.4 Å². The molecule has 0 aliphatic heterocycles. The van der Waals surface area contributed by atoms with Gasteiger partial charge in [0.15, 0.2) is 0 Å². The molecule has 21 nitrogen and oxygen atoms in total. The first-order valence-electron chi connectivity index (χ1n) is 17.0. The zero-order valence-electron chi connectivity index (χ0n) is 31.4. The first kappa shape index (κ1) is 59.4. The normalized spacial score (nSPS) is 11.5. The number of imide groups is 2. The van der Waals surface area contributed by atoms with Crippen LogP contribution in [0.4, 0.5) is 27.5 Å². The molecule has 29 heteroatoms. The van der Waals surface area contributed by atoms with Crippen molar-refractivity contribution in [1.82, 2.24) is 10.6 Å². The van der Waals surface area contributed by atoms with E-state index >= 15 is 0 Å². The van der Waals surface area contributed by atoms with Crippen molar-refractivity contribution < 1.29 is 76.5 Å². The third kappa shape index (κ3) is 13.7. The summed E-state index contributed by atoms with van der Waals surface area (Å²) in [6, 6.07) is 13.1. The van der Waals surface area contributed by atoms with Crippen LogP contribution in [0.2, 0.25) is 0 Å². The summed E-state index contributed by atoms with van der Waals surface area (Å²) in [6.45, 7) is 3.11. The van der Waals surface area contributed by atoms with Gasteiger partial charge in [-0.2, -0.15) is 33.7 Å². The number of nitrogens with one attached hydrogen (secondary N) is 4. The van der Waals surface area contributed by atoms with Crippen LogP contribution in [0.3, 0.4) is 0 Å². The van der Waals surface area contributed by atoms with E-state index in [1.807, 2.05) is 10.6 Å². The molecule has 0 fully saturated rings. The van der Waals surface area contributed by atoms with Gasteiger partial charge >= 0.3 is 124 Å². The number of phenolic OH excluding ortho intramolecular Hbond substituents is 2. The Hall–Kier alpha value is -2.71. The number of hydrogen-bond acceptors (Lipinski definition) is 15. The molecule has 66 heavy (non-hydrogen) atoms. The fourth-order valence-electron chi connectivity index (χ4n) is 6.14. The van der Waals surface area contributed by atoms with Crippen LogP contribution in [0.25, 0.3) is 21.5 Å². The SMILES string of the molecule is Cc1ccc(C(=O)NC(=O)NC(=O)c2ccc(C)c(Nc3cc(S(=O)(=O)O)cc4cc(S(=O)(=O)O)cc(O)c34)c2)cc1Nc1cc(S(=O)(=O)O)cc2cc(S(=O)(=O)O)cc(O)c12.[NaH].[NaH].[NaH].[NaH]. The van der Waals surface area contributed by atoms with E-state index in [0.29, 0.717) is 23.3 Å². The number of anilines is 4. The van der Waals surface area contributed by atoms with Crippen molar-refractivity contribution >= 4 is 221 Å². The Morgan fingerprint density at radius 3 is 1.00 bits per heavy atom. The van der Waals surface area contributed by atoms with Gasteiger partial charge in [-0.1, -0.05) is 12.1 Å². The van der Waals surface area contributed by atoms with Crippen molar-refractivity contribution in [3.8, 4) is 11.5 Å². The van der Waals surface area contributed by atoms with Gasteiger partial charge in [-0.15, -0.1) is 0 Å². The number of aromatic hydroxyl groups is 2. The zero-order valence-corrected chi connectivity index (χ0v) is 34.7. The van der Waals surface area contributed by atoms with Crippen LogP contribution in [0.1, 0.15) is 31.8 Å². The van der Waals surface area contributed by atoms with E-state index in [1.54, 1.807) is 13.8 Å². The summed E-state index contributed by atoms with van der Waals surface area (Å²) in [5.41, 5.74) is 0.218. The van der Waals surface area contributed by atoms with Crippen LogP contribution in [0, 0.1) is 13.8 Å². The third-order valence-corrected chi connectivity index (χ3v) is 12.5. The third-order valence-electron chi connectivity index (χ3n) is 9.13. The molecule has 6 aromatic carbocycles. The van der Waals surface area contributed by atoms with E-state index < -0.39 is 89.4 Å². The van der Waals surface area contributed by atoms with Gasteiger partial charge in [0.2, 0.25) is 0 Å². The Kier molecular flexibility index (Phi) is 20.1. The molecule has 0 aromatic heterocycles. The Labute approximate surface area is 464 Å². The summed E-state index contributed by atoms with van der Waals surface area (Å²) in [5, 5.41) is 30.2. The van der Waals surface area contributed by atoms with E-state index in [9.17, 15) is 76.5 Å². The quantitative estimate of drug-likeness (QED) is 0.0694. The second-order valence-electron chi connectivity index (χ2n) is 13.5. The van der Waals surface area contributed by atoms with Crippen molar-refractivity contribution in [1.29, 1.82) is 0 Å². The number of carbonyl (C=O) groups is 3. The minimum absolute atomic E-state index is 0.